The van der Waals surface area contributed by atoms with Crippen molar-refractivity contribution in [1.82, 2.24) is 15.1 Å². The molecule has 0 saturated carbocycles. The van der Waals surface area contributed by atoms with Gasteiger partial charge in [-0.3, -0.25) is 9.59 Å². The van der Waals surface area contributed by atoms with Crippen molar-refractivity contribution in [2.75, 3.05) is 11.4 Å². The second kappa shape index (κ2) is 8.31. The molecule has 6 nitrogen and oxygen atoms in total. The van der Waals surface area contributed by atoms with Crippen LogP contribution in [-0.2, 0) is 22.6 Å². The van der Waals surface area contributed by atoms with E-state index in [0.717, 1.165) is 23.4 Å². The van der Waals surface area contributed by atoms with E-state index in [0.29, 0.717) is 13.1 Å². The van der Waals surface area contributed by atoms with Crippen LogP contribution in [0.25, 0.3) is 5.69 Å². The highest BCUT2D eigenvalue weighted by Crippen LogP contribution is 2.26. The predicted molar refractivity (Wildman–Crippen MR) is 112 cm³/mol. The van der Waals surface area contributed by atoms with Crippen LogP contribution in [0, 0.1) is 5.92 Å². The summed E-state index contributed by atoms with van der Waals surface area (Å²) in [6.45, 7) is 2.89. The zero-order valence-electron chi connectivity index (χ0n) is 16.4. The Morgan fingerprint density at radius 3 is 2.69 bits per heavy atom. The van der Waals surface area contributed by atoms with E-state index >= 15 is 0 Å². The number of aromatic nitrogens is 2. The van der Waals surface area contributed by atoms with Crippen LogP contribution in [0.15, 0.2) is 67.0 Å². The Morgan fingerprint density at radius 2 is 1.90 bits per heavy atom. The molecule has 0 spiro atoms. The number of carbonyl (C=O) groups is 2. The first-order valence-electron chi connectivity index (χ1n) is 9.90. The maximum Gasteiger partial charge on any atom is 0.227 e. The molecular formula is C23H24N4O2. The highest BCUT2D eigenvalue weighted by atomic mass is 16.2. The summed E-state index contributed by atoms with van der Waals surface area (Å²) in [5.41, 5.74) is 3.93. The molecular weight excluding hydrogens is 364 g/mol. The molecule has 0 radical (unpaired) electrons. The summed E-state index contributed by atoms with van der Waals surface area (Å²) in [6.07, 6.45) is 4.80. The number of aryl methyl sites for hydroxylation is 1. The predicted octanol–water partition coefficient (Wildman–Crippen LogP) is 3.10. The SMILES string of the molecule is CCc1cccc(N2C[C@@H](C(=O)NCc3cnn(-c4ccccc4)c3)CC2=O)c1. The molecule has 2 heterocycles. The van der Waals surface area contributed by atoms with Crippen molar-refractivity contribution in [3.63, 3.8) is 0 Å². The molecule has 0 bridgehead atoms. The van der Waals surface area contributed by atoms with Crippen molar-refractivity contribution in [3.8, 4) is 5.69 Å². The highest BCUT2D eigenvalue weighted by molar-refractivity contribution is 6.00. The molecule has 2 amide bonds. The smallest absolute Gasteiger partial charge is 0.227 e. The third kappa shape index (κ3) is 4.21. The molecule has 1 aliphatic rings. The molecule has 1 N–H and O–H groups in total. The van der Waals surface area contributed by atoms with Gasteiger partial charge in [-0.25, -0.2) is 4.68 Å². The number of para-hydroxylation sites is 1. The standard InChI is InChI=1S/C23H24N4O2/c1-2-17-7-6-10-21(11-17)26-16-19(12-22(26)28)23(29)24-13-18-14-25-27(15-18)20-8-4-3-5-9-20/h3-11,14-15,19H,2,12-13,16H2,1H3,(H,24,29)/t19-/m0/s1. The Hall–Kier alpha value is -3.41. The first-order valence-corrected chi connectivity index (χ1v) is 9.90. The summed E-state index contributed by atoms with van der Waals surface area (Å²) in [7, 11) is 0. The summed E-state index contributed by atoms with van der Waals surface area (Å²) in [6, 6.07) is 17.8. The van der Waals surface area contributed by atoms with Gasteiger partial charge in [-0.1, -0.05) is 37.3 Å². The largest absolute Gasteiger partial charge is 0.352 e. The number of benzene rings is 2. The zero-order valence-corrected chi connectivity index (χ0v) is 16.4. The van der Waals surface area contributed by atoms with E-state index in [-0.39, 0.29) is 24.2 Å². The van der Waals surface area contributed by atoms with E-state index in [4.69, 9.17) is 0 Å². The lowest BCUT2D eigenvalue weighted by atomic mass is 10.1. The monoisotopic (exact) mass is 388 g/mol. The van der Waals surface area contributed by atoms with Crippen LogP contribution in [0.4, 0.5) is 5.69 Å². The van der Waals surface area contributed by atoms with Gasteiger partial charge < -0.3 is 10.2 Å². The van der Waals surface area contributed by atoms with E-state index in [1.807, 2.05) is 60.8 Å². The summed E-state index contributed by atoms with van der Waals surface area (Å²) in [5.74, 6) is -0.438. The van der Waals surface area contributed by atoms with Gasteiger partial charge in [-0.15, -0.1) is 0 Å². The van der Waals surface area contributed by atoms with Crippen LogP contribution in [0.5, 0.6) is 0 Å². The Bertz CT molecular complexity index is 1010. The van der Waals surface area contributed by atoms with Gasteiger partial charge in [-0.2, -0.15) is 5.10 Å². The van der Waals surface area contributed by atoms with Crippen molar-refractivity contribution in [1.29, 1.82) is 0 Å². The number of hydrogen-bond acceptors (Lipinski definition) is 3. The molecule has 0 aliphatic carbocycles. The molecule has 4 rings (SSSR count). The third-order valence-electron chi connectivity index (χ3n) is 5.25. The number of hydrogen-bond donors (Lipinski definition) is 1. The number of rotatable bonds is 6. The molecule has 1 aliphatic heterocycles. The van der Waals surface area contributed by atoms with Crippen molar-refractivity contribution >= 4 is 17.5 Å². The Morgan fingerprint density at radius 1 is 1.10 bits per heavy atom. The summed E-state index contributed by atoms with van der Waals surface area (Å²) in [4.78, 5) is 26.8. The van der Waals surface area contributed by atoms with Crippen LogP contribution >= 0.6 is 0 Å². The van der Waals surface area contributed by atoms with Gasteiger partial charge in [0.2, 0.25) is 11.8 Å². The normalized spacial score (nSPS) is 16.2. The molecule has 6 heteroatoms. The first kappa shape index (κ1) is 18.9. The maximum atomic E-state index is 12.6. The number of amides is 2. The van der Waals surface area contributed by atoms with Crippen LogP contribution in [0.3, 0.4) is 0 Å². The van der Waals surface area contributed by atoms with Crippen molar-refractivity contribution in [3.05, 3.63) is 78.1 Å². The van der Waals surface area contributed by atoms with Gasteiger partial charge >= 0.3 is 0 Å². The topological polar surface area (TPSA) is 67.2 Å². The molecule has 1 aromatic heterocycles. The van der Waals surface area contributed by atoms with Crippen molar-refractivity contribution in [2.45, 2.75) is 26.3 Å². The van der Waals surface area contributed by atoms with E-state index in [9.17, 15) is 9.59 Å². The number of nitrogens with one attached hydrogen (secondary N) is 1. The zero-order chi connectivity index (χ0) is 20.2. The fourth-order valence-corrected chi connectivity index (χ4v) is 3.58. The fourth-order valence-electron chi connectivity index (χ4n) is 3.58. The minimum atomic E-state index is -0.336. The number of carbonyl (C=O) groups excluding carboxylic acids is 2. The molecule has 2 aromatic carbocycles. The quantitative estimate of drug-likeness (QED) is 0.706. The second-order valence-corrected chi connectivity index (χ2v) is 7.28. The average molecular weight is 388 g/mol. The summed E-state index contributed by atoms with van der Waals surface area (Å²) in [5, 5.41) is 7.29. The number of anilines is 1. The molecule has 148 valence electrons. The van der Waals surface area contributed by atoms with Gasteiger partial charge in [0.05, 0.1) is 17.8 Å². The minimum Gasteiger partial charge on any atom is -0.352 e. The molecule has 29 heavy (non-hydrogen) atoms. The number of nitrogens with zero attached hydrogens (tertiary/aromatic N) is 3. The van der Waals surface area contributed by atoms with Gasteiger partial charge in [0.1, 0.15) is 0 Å². The second-order valence-electron chi connectivity index (χ2n) is 7.28. The van der Waals surface area contributed by atoms with Crippen molar-refractivity contribution < 1.29 is 9.59 Å². The Labute approximate surface area is 170 Å². The Kier molecular flexibility index (Phi) is 5.42. The first-order chi connectivity index (χ1) is 14.1. The van der Waals surface area contributed by atoms with Crippen LogP contribution in [-0.4, -0.2) is 28.1 Å². The molecule has 0 unspecified atom stereocenters. The van der Waals surface area contributed by atoms with Gasteiger partial charge in [0.25, 0.3) is 0 Å². The lowest BCUT2D eigenvalue weighted by molar-refractivity contribution is -0.126. The lowest BCUT2D eigenvalue weighted by Gasteiger charge is -2.17. The van der Waals surface area contributed by atoms with Gasteiger partial charge in [-0.05, 0) is 36.2 Å². The lowest BCUT2D eigenvalue weighted by Crippen LogP contribution is -2.32. The van der Waals surface area contributed by atoms with Crippen LogP contribution < -0.4 is 10.2 Å². The maximum absolute atomic E-state index is 12.6. The minimum absolute atomic E-state index is 0.00435. The average Bonchev–Trinajstić information content (AvgIpc) is 3.39. The molecule has 1 saturated heterocycles. The van der Waals surface area contributed by atoms with Crippen LogP contribution in [0.2, 0.25) is 0 Å². The summed E-state index contributed by atoms with van der Waals surface area (Å²) >= 11 is 0. The van der Waals surface area contributed by atoms with E-state index in [1.54, 1.807) is 15.8 Å². The van der Waals surface area contributed by atoms with Gasteiger partial charge in [0.15, 0.2) is 0 Å². The highest BCUT2D eigenvalue weighted by Gasteiger charge is 2.35. The van der Waals surface area contributed by atoms with Gasteiger partial charge in [0, 0.05) is 37.0 Å². The fraction of sp³-hybridized carbons (Fsp3) is 0.261. The van der Waals surface area contributed by atoms with Crippen LogP contribution in [0.1, 0.15) is 24.5 Å². The van der Waals surface area contributed by atoms with E-state index in [2.05, 4.69) is 17.3 Å². The molecule has 3 aromatic rings. The molecule has 1 atom stereocenters. The third-order valence-corrected chi connectivity index (χ3v) is 5.25. The van der Waals surface area contributed by atoms with Crippen molar-refractivity contribution in [2.24, 2.45) is 5.92 Å². The molecule has 1 fully saturated rings. The summed E-state index contributed by atoms with van der Waals surface area (Å²) < 4.78 is 1.78. The Balaban J connectivity index is 1.36. The van der Waals surface area contributed by atoms with E-state index in [1.165, 1.54) is 5.56 Å². The van der Waals surface area contributed by atoms with E-state index < -0.39 is 0 Å².